The van der Waals surface area contributed by atoms with Crippen molar-refractivity contribution in [3.05, 3.63) is 41.2 Å². The molecule has 3 aromatic rings. The van der Waals surface area contributed by atoms with E-state index >= 15 is 0 Å². The molecule has 0 amide bonds. The van der Waals surface area contributed by atoms with Gasteiger partial charge in [0.25, 0.3) is 0 Å². The summed E-state index contributed by atoms with van der Waals surface area (Å²) in [6, 6.07) is 5.10. The Balaban J connectivity index is 1.64. The number of carbonyl (C=O) groups excluding carboxylic acids is 2. The number of nitrogens with one attached hydrogen (secondary N) is 1. The molecule has 0 fully saturated rings. The van der Waals surface area contributed by atoms with E-state index in [4.69, 9.17) is 9.47 Å². The summed E-state index contributed by atoms with van der Waals surface area (Å²) in [5, 5.41) is 0. The molecule has 2 aromatic heterocycles. The molecular weight excluding hydrogens is 456 g/mol. The molecule has 32 heavy (non-hydrogen) atoms. The Bertz CT molecular complexity index is 1250. The lowest BCUT2D eigenvalue weighted by molar-refractivity contribution is -0.144. The molecule has 0 aliphatic carbocycles. The molecule has 0 saturated heterocycles. The predicted octanol–water partition coefficient (Wildman–Crippen LogP) is 1.85. The first-order chi connectivity index (χ1) is 15.2. The lowest BCUT2D eigenvalue weighted by atomic mass is 10.1. The van der Waals surface area contributed by atoms with Crippen LogP contribution < -0.4 is 4.72 Å². The smallest absolute Gasteiger partial charge is 0.324 e. The van der Waals surface area contributed by atoms with Crippen LogP contribution in [0.5, 0.6) is 0 Å². The van der Waals surface area contributed by atoms with E-state index in [1.54, 1.807) is 25.3 Å². The molecule has 10 nitrogen and oxygen atoms in total. The molecule has 1 N–H and O–H groups in total. The van der Waals surface area contributed by atoms with Crippen molar-refractivity contribution in [1.82, 2.24) is 18.0 Å². The highest BCUT2D eigenvalue weighted by molar-refractivity contribution is 7.89. The van der Waals surface area contributed by atoms with Crippen LogP contribution in [0.15, 0.2) is 29.2 Å². The monoisotopic (exact) mass is 480 g/mol. The Kier molecular flexibility index (Phi) is 7.39. The van der Waals surface area contributed by atoms with Gasteiger partial charge in [-0.1, -0.05) is 6.07 Å². The van der Waals surface area contributed by atoms with Crippen LogP contribution in [-0.2, 0) is 30.8 Å². The Morgan fingerprint density at radius 1 is 1.25 bits per heavy atom. The summed E-state index contributed by atoms with van der Waals surface area (Å²) in [7, 11) is -2.46. The average molecular weight is 481 g/mol. The van der Waals surface area contributed by atoms with Crippen LogP contribution in [0.3, 0.4) is 0 Å². The SMILES string of the molecule is COCCn1c(C)cc(C(=O)COC(=O)[C@@H](C)NS(=O)(=O)c2cccc3nsnc23)c1C. The second kappa shape index (κ2) is 9.86. The Morgan fingerprint density at radius 3 is 2.72 bits per heavy atom. The molecule has 3 rings (SSSR count). The molecule has 1 aromatic carbocycles. The standard InChI is InChI=1S/C20H24N4O6S2/c1-12-10-15(14(3)24(12)8-9-29-4)17(25)11-30-20(26)13(2)23-32(27,28)18-7-5-6-16-19(18)22-31-21-16/h5-7,10,13,23H,8-9,11H2,1-4H3/t13-/m1/s1. The summed E-state index contributed by atoms with van der Waals surface area (Å²) >= 11 is 0.896. The van der Waals surface area contributed by atoms with Gasteiger partial charge in [0.2, 0.25) is 15.8 Å². The lowest BCUT2D eigenvalue weighted by Gasteiger charge is -2.14. The zero-order valence-corrected chi connectivity index (χ0v) is 19.7. The van der Waals surface area contributed by atoms with E-state index in [1.807, 2.05) is 18.4 Å². The molecule has 172 valence electrons. The maximum absolute atomic E-state index is 12.7. The van der Waals surface area contributed by atoms with Gasteiger partial charge < -0.3 is 14.0 Å². The number of benzene rings is 1. The van der Waals surface area contributed by atoms with Crippen LogP contribution in [0.25, 0.3) is 11.0 Å². The van der Waals surface area contributed by atoms with Crippen LogP contribution in [0, 0.1) is 13.8 Å². The molecule has 2 heterocycles. The number of ether oxygens (including phenoxy) is 2. The molecule has 0 saturated carbocycles. The van der Waals surface area contributed by atoms with Crippen molar-refractivity contribution in [1.29, 1.82) is 0 Å². The van der Waals surface area contributed by atoms with Crippen molar-refractivity contribution in [2.24, 2.45) is 0 Å². The van der Waals surface area contributed by atoms with Crippen LogP contribution in [0.4, 0.5) is 0 Å². The zero-order chi connectivity index (χ0) is 23.5. The number of rotatable bonds is 10. The topological polar surface area (TPSA) is 129 Å². The number of esters is 1. The second-order valence-corrected chi connectivity index (χ2v) is 9.40. The molecule has 12 heteroatoms. The maximum Gasteiger partial charge on any atom is 0.324 e. The minimum absolute atomic E-state index is 0.0806. The number of carbonyl (C=O) groups is 2. The number of methoxy groups -OCH3 is 1. The number of sulfonamides is 1. The molecule has 0 unspecified atom stereocenters. The number of hydrogen-bond donors (Lipinski definition) is 1. The van der Waals surface area contributed by atoms with Crippen LogP contribution in [-0.4, -0.2) is 59.8 Å². The Labute approximate surface area is 189 Å². The van der Waals surface area contributed by atoms with Gasteiger partial charge in [0.1, 0.15) is 22.0 Å². The normalized spacial score (nSPS) is 12.8. The van der Waals surface area contributed by atoms with Gasteiger partial charge in [0, 0.05) is 30.6 Å². The molecular formula is C20H24N4O6S2. The number of nitrogens with zero attached hydrogens (tertiary/aromatic N) is 3. The second-order valence-electron chi connectivity index (χ2n) is 7.19. The number of fused-ring (bicyclic) bond motifs is 1. The number of aromatic nitrogens is 3. The van der Waals surface area contributed by atoms with Crippen LogP contribution in [0.2, 0.25) is 0 Å². The van der Waals surface area contributed by atoms with E-state index in [2.05, 4.69) is 13.5 Å². The summed E-state index contributed by atoms with van der Waals surface area (Å²) in [6.07, 6.45) is 0. The first kappa shape index (κ1) is 24.0. The van der Waals surface area contributed by atoms with E-state index < -0.39 is 28.6 Å². The van der Waals surface area contributed by atoms with Gasteiger partial charge in [-0.2, -0.15) is 13.5 Å². The fraction of sp³-hybridized carbons (Fsp3) is 0.400. The van der Waals surface area contributed by atoms with E-state index in [9.17, 15) is 18.0 Å². The van der Waals surface area contributed by atoms with E-state index in [0.29, 0.717) is 24.2 Å². The van der Waals surface area contributed by atoms with E-state index in [0.717, 1.165) is 23.1 Å². The Hall–Kier alpha value is -2.67. The summed E-state index contributed by atoms with van der Waals surface area (Å²) in [4.78, 5) is 24.9. The highest BCUT2D eigenvalue weighted by Crippen LogP contribution is 2.21. The Morgan fingerprint density at radius 2 is 2.00 bits per heavy atom. The van der Waals surface area contributed by atoms with Gasteiger partial charge in [-0.05, 0) is 39.0 Å². The predicted molar refractivity (Wildman–Crippen MR) is 118 cm³/mol. The average Bonchev–Trinajstić information content (AvgIpc) is 3.34. The van der Waals surface area contributed by atoms with Crippen molar-refractivity contribution >= 4 is 44.5 Å². The van der Waals surface area contributed by atoms with E-state index in [1.165, 1.54) is 13.0 Å². The first-order valence-corrected chi connectivity index (χ1v) is 12.0. The molecule has 1 atom stereocenters. The van der Waals surface area contributed by atoms with Crippen molar-refractivity contribution in [2.75, 3.05) is 20.3 Å². The lowest BCUT2D eigenvalue weighted by Crippen LogP contribution is -2.40. The number of hydrogen-bond acceptors (Lipinski definition) is 9. The van der Waals surface area contributed by atoms with Gasteiger partial charge in [-0.3, -0.25) is 9.59 Å². The minimum Gasteiger partial charge on any atom is -0.456 e. The van der Waals surface area contributed by atoms with E-state index in [-0.39, 0.29) is 16.2 Å². The van der Waals surface area contributed by atoms with Crippen molar-refractivity contribution < 1.29 is 27.5 Å². The number of Topliss-reactive ketones (excluding diaryl/α,β-unsaturated/α-hetero) is 1. The molecule has 0 aliphatic rings. The third kappa shape index (κ3) is 5.04. The number of aryl methyl sites for hydroxylation is 1. The van der Waals surface area contributed by atoms with Crippen molar-refractivity contribution in [3.63, 3.8) is 0 Å². The molecule has 0 radical (unpaired) electrons. The zero-order valence-electron chi connectivity index (χ0n) is 18.1. The summed E-state index contributed by atoms with van der Waals surface area (Å²) in [5.74, 6) is -1.23. The molecule has 0 bridgehead atoms. The quantitative estimate of drug-likeness (QED) is 0.344. The maximum atomic E-state index is 12.7. The van der Waals surface area contributed by atoms with Crippen LogP contribution >= 0.6 is 11.7 Å². The number of ketones is 1. The van der Waals surface area contributed by atoms with Crippen molar-refractivity contribution in [3.8, 4) is 0 Å². The van der Waals surface area contributed by atoms with Crippen molar-refractivity contribution in [2.45, 2.75) is 38.3 Å². The summed E-state index contributed by atoms with van der Waals surface area (Å²) in [5.41, 5.74) is 2.76. The third-order valence-corrected chi connectivity index (χ3v) is 7.08. The molecule has 0 spiro atoms. The van der Waals surface area contributed by atoms with Gasteiger partial charge >= 0.3 is 5.97 Å². The fourth-order valence-electron chi connectivity index (χ4n) is 3.29. The van der Waals surface area contributed by atoms with Crippen LogP contribution in [0.1, 0.15) is 28.7 Å². The molecule has 0 aliphatic heterocycles. The minimum atomic E-state index is -4.06. The highest BCUT2D eigenvalue weighted by atomic mass is 32.2. The van der Waals surface area contributed by atoms with Gasteiger partial charge in [0.15, 0.2) is 6.61 Å². The highest BCUT2D eigenvalue weighted by Gasteiger charge is 2.26. The van der Waals surface area contributed by atoms with Gasteiger partial charge in [-0.25, -0.2) is 8.42 Å². The fourth-order valence-corrected chi connectivity index (χ4v) is 5.25. The summed E-state index contributed by atoms with van der Waals surface area (Å²) < 4.78 is 47.9. The largest absolute Gasteiger partial charge is 0.456 e. The van der Waals surface area contributed by atoms with Gasteiger partial charge in [-0.15, -0.1) is 0 Å². The third-order valence-electron chi connectivity index (χ3n) is 4.96. The first-order valence-electron chi connectivity index (χ1n) is 9.74. The van der Waals surface area contributed by atoms with Gasteiger partial charge in [0.05, 0.1) is 18.3 Å². The summed E-state index contributed by atoms with van der Waals surface area (Å²) in [6.45, 7) is 5.64.